The first-order valence-corrected chi connectivity index (χ1v) is 4.69. The molecule has 0 unspecified atom stereocenters. The molecule has 8 heteroatoms. The first-order valence-electron chi connectivity index (χ1n) is 3.93. The van der Waals surface area contributed by atoms with Gasteiger partial charge in [0.1, 0.15) is 6.61 Å². The summed E-state index contributed by atoms with van der Waals surface area (Å²) in [7, 11) is 0. The van der Waals surface area contributed by atoms with E-state index in [0.717, 1.165) is 12.4 Å². The van der Waals surface area contributed by atoms with E-state index < -0.39 is 18.6 Å². The van der Waals surface area contributed by atoms with Crippen LogP contribution in [0.5, 0.6) is 0 Å². The minimum Gasteiger partial charge on any atom is -0.390 e. The van der Waals surface area contributed by atoms with E-state index in [1.54, 1.807) is 0 Å². The summed E-state index contributed by atoms with van der Waals surface area (Å²) in [6, 6.07) is -1.76. The number of rotatable bonds is 3. The van der Waals surface area contributed by atoms with Crippen LogP contribution < -0.4 is 5.73 Å². The minimum atomic E-state index is -3.48. The van der Waals surface area contributed by atoms with Gasteiger partial charge in [-0.25, -0.2) is 8.78 Å². The minimum absolute atomic E-state index is 0. The number of aliphatic hydroxyl groups is 1. The molecular formula is C8H9Cl3F2N2O. The molecule has 0 aromatic carbocycles. The molecule has 92 valence electrons. The summed E-state index contributed by atoms with van der Waals surface area (Å²) < 4.78 is 26.2. The van der Waals surface area contributed by atoms with Gasteiger partial charge in [0.25, 0.3) is 5.92 Å². The van der Waals surface area contributed by atoms with Gasteiger partial charge in [0.2, 0.25) is 0 Å². The highest BCUT2D eigenvalue weighted by atomic mass is 35.5. The Bertz CT molecular complexity index is 345. The third-order valence-electron chi connectivity index (χ3n) is 1.87. The average Bonchev–Trinajstić information content (AvgIpc) is 2.17. The monoisotopic (exact) mass is 292 g/mol. The number of nitrogens with zero attached hydrogens (tertiary/aromatic N) is 1. The molecule has 1 aromatic rings. The fourth-order valence-corrected chi connectivity index (χ4v) is 1.63. The largest absolute Gasteiger partial charge is 0.390 e. The Morgan fingerprint density at radius 1 is 1.38 bits per heavy atom. The van der Waals surface area contributed by atoms with E-state index in [1.807, 2.05) is 0 Å². The second kappa shape index (κ2) is 5.93. The van der Waals surface area contributed by atoms with E-state index >= 15 is 0 Å². The van der Waals surface area contributed by atoms with Crippen LogP contribution in [0, 0.1) is 0 Å². The van der Waals surface area contributed by atoms with Gasteiger partial charge in [-0.3, -0.25) is 4.98 Å². The van der Waals surface area contributed by atoms with E-state index in [2.05, 4.69) is 4.98 Å². The van der Waals surface area contributed by atoms with E-state index in [-0.39, 0.29) is 28.0 Å². The quantitative estimate of drug-likeness (QED) is 0.900. The standard InChI is InChI=1S/C8H8Cl2F2N2O.ClH/c9-4-1-14-2-5(10)6(4)7(13)8(11,12)3-15;/h1-2,7,15H,3,13H2;1H/t7-;/m0./s1. The molecule has 0 amide bonds. The van der Waals surface area contributed by atoms with Crippen LogP contribution in [-0.4, -0.2) is 22.6 Å². The predicted molar refractivity (Wildman–Crippen MR) is 60.5 cm³/mol. The Morgan fingerprint density at radius 2 is 1.81 bits per heavy atom. The zero-order chi connectivity index (χ0) is 11.6. The molecule has 1 rings (SSSR count). The van der Waals surface area contributed by atoms with Crippen molar-refractivity contribution >= 4 is 35.6 Å². The molecule has 0 saturated heterocycles. The van der Waals surface area contributed by atoms with Gasteiger partial charge >= 0.3 is 0 Å². The fourth-order valence-electron chi connectivity index (χ4n) is 1.03. The predicted octanol–water partition coefficient (Wildman–Crippen LogP) is 2.44. The van der Waals surface area contributed by atoms with Crippen molar-refractivity contribution in [2.45, 2.75) is 12.0 Å². The number of nitrogens with two attached hydrogens (primary N) is 1. The molecule has 0 fully saturated rings. The molecule has 3 N–H and O–H groups in total. The summed E-state index contributed by atoms with van der Waals surface area (Å²) >= 11 is 11.3. The summed E-state index contributed by atoms with van der Waals surface area (Å²) in [4.78, 5) is 3.61. The molecule has 0 radical (unpaired) electrons. The van der Waals surface area contributed by atoms with E-state index in [4.69, 9.17) is 34.0 Å². The van der Waals surface area contributed by atoms with Gasteiger partial charge in [0.05, 0.1) is 16.1 Å². The Balaban J connectivity index is 0.00000225. The molecule has 0 spiro atoms. The van der Waals surface area contributed by atoms with Gasteiger partial charge in [-0.05, 0) is 0 Å². The number of hydrogen-bond acceptors (Lipinski definition) is 3. The number of hydrogen-bond donors (Lipinski definition) is 2. The lowest BCUT2D eigenvalue weighted by Gasteiger charge is -2.23. The smallest absolute Gasteiger partial charge is 0.289 e. The van der Waals surface area contributed by atoms with Gasteiger partial charge < -0.3 is 10.8 Å². The van der Waals surface area contributed by atoms with Crippen molar-refractivity contribution in [3.05, 3.63) is 28.0 Å². The summed E-state index contributed by atoms with van der Waals surface area (Å²) in [5.74, 6) is -3.48. The van der Waals surface area contributed by atoms with Crippen molar-refractivity contribution in [2.24, 2.45) is 5.73 Å². The SMILES string of the molecule is Cl.N[C@@H](c1c(Cl)cncc1Cl)C(F)(F)CO. The lowest BCUT2D eigenvalue weighted by Crippen LogP contribution is -2.36. The van der Waals surface area contributed by atoms with Crippen LogP contribution in [0.25, 0.3) is 0 Å². The highest BCUT2D eigenvalue weighted by molar-refractivity contribution is 6.35. The lowest BCUT2D eigenvalue weighted by atomic mass is 10.0. The third-order valence-corrected chi connectivity index (χ3v) is 2.47. The number of aromatic nitrogens is 1. The zero-order valence-corrected chi connectivity index (χ0v) is 10.2. The van der Waals surface area contributed by atoms with Crippen molar-refractivity contribution in [3.63, 3.8) is 0 Å². The number of aliphatic hydroxyl groups excluding tert-OH is 1. The molecule has 3 nitrogen and oxygen atoms in total. The second-order valence-corrected chi connectivity index (χ2v) is 3.73. The van der Waals surface area contributed by atoms with Crippen LogP contribution in [-0.2, 0) is 0 Å². The molecule has 1 atom stereocenters. The van der Waals surface area contributed by atoms with Crippen LogP contribution >= 0.6 is 35.6 Å². The average molecular weight is 294 g/mol. The van der Waals surface area contributed by atoms with Crippen molar-refractivity contribution in [1.29, 1.82) is 0 Å². The topological polar surface area (TPSA) is 59.1 Å². The molecule has 0 aliphatic rings. The Morgan fingerprint density at radius 3 is 2.19 bits per heavy atom. The highest BCUT2D eigenvalue weighted by Gasteiger charge is 2.39. The Kier molecular flexibility index (Phi) is 5.86. The third kappa shape index (κ3) is 3.15. The van der Waals surface area contributed by atoms with Gasteiger partial charge in [0.15, 0.2) is 0 Å². The van der Waals surface area contributed by atoms with Crippen LogP contribution in [0.1, 0.15) is 11.6 Å². The maximum absolute atomic E-state index is 13.1. The Labute approximate surface area is 107 Å². The fraction of sp³-hybridized carbons (Fsp3) is 0.375. The first-order chi connectivity index (χ1) is 6.90. The summed E-state index contributed by atoms with van der Waals surface area (Å²) in [6.45, 7) is -1.37. The van der Waals surface area contributed by atoms with Gasteiger partial charge in [0, 0.05) is 18.0 Å². The van der Waals surface area contributed by atoms with Gasteiger partial charge in [-0.2, -0.15) is 0 Å². The normalized spacial score (nSPS) is 13.1. The van der Waals surface area contributed by atoms with Crippen LogP contribution in [0.4, 0.5) is 8.78 Å². The molecule has 0 bridgehead atoms. The molecular weight excluding hydrogens is 284 g/mol. The first kappa shape index (κ1) is 15.8. The molecule has 0 aliphatic heterocycles. The molecule has 0 saturated carbocycles. The van der Waals surface area contributed by atoms with E-state index in [1.165, 1.54) is 0 Å². The summed E-state index contributed by atoms with van der Waals surface area (Å²) in [5.41, 5.74) is 5.16. The summed E-state index contributed by atoms with van der Waals surface area (Å²) in [5, 5.41) is 8.37. The van der Waals surface area contributed by atoms with Crippen LogP contribution in [0.15, 0.2) is 12.4 Å². The van der Waals surface area contributed by atoms with E-state index in [0.29, 0.717) is 0 Å². The summed E-state index contributed by atoms with van der Waals surface area (Å²) in [6.07, 6.45) is 2.33. The molecule has 16 heavy (non-hydrogen) atoms. The van der Waals surface area contributed by atoms with Crippen molar-refractivity contribution < 1.29 is 13.9 Å². The number of pyridine rings is 1. The van der Waals surface area contributed by atoms with Gasteiger partial charge in [-0.15, -0.1) is 12.4 Å². The van der Waals surface area contributed by atoms with Crippen LogP contribution in [0.3, 0.4) is 0 Å². The Hall–Kier alpha value is -0.200. The maximum atomic E-state index is 13.1. The van der Waals surface area contributed by atoms with Crippen molar-refractivity contribution in [3.8, 4) is 0 Å². The van der Waals surface area contributed by atoms with Crippen molar-refractivity contribution in [1.82, 2.24) is 4.98 Å². The highest BCUT2D eigenvalue weighted by Crippen LogP contribution is 2.36. The molecule has 0 aliphatic carbocycles. The number of halogens is 5. The number of alkyl halides is 2. The van der Waals surface area contributed by atoms with Gasteiger partial charge in [-0.1, -0.05) is 23.2 Å². The second-order valence-electron chi connectivity index (χ2n) is 2.91. The van der Waals surface area contributed by atoms with Crippen molar-refractivity contribution in [2.75, 3.05) is 6.61 Å². The maximum Gasteiger partial charge on any atom is 0.289 e. The van der Waals surface area contributed by atoms with Crippen LogP contribution in [0.2, 0.25) is 10.0 Å². The van der Waals surface area contributed by atoms with E-state index in [9.17, 15) is 8.78 Å². The lowest BCUT2D eigenvalue weighted by molar-refractivity contribution is -0.0711. The zero-order valence-electron chi connectivity index (χ0n) is 7.83. The molecule has 1 heterocycles. The molecule has 1 aromatic heterocycles.